The van der Waals surface area contributed by atoms with E-state index in [1.54, 1.807) is 0 Å². The topological polar surface area (TPSA) is 95.6 Å². The van der Waals surface area contributed by atoms with Gasteiger partial charge < -0.3 is 15.3 Å². The number of amides is 1. The van der Waals surface area contributed by atoms with Gasteiger partial charge in [-0.25, -0.2) is 4.98 Å². The van der Waals surface area contributed by atoms with Gasteiger partial charge in [-0.1, -0.05) is 36.4 Å². The van der Waals surface area contributed by atoms with Crippen molar-refractivity contribution in [1.82, 2.24) is 24.8 Å². The third kappa shape index (κ3) is 3.06. The molecular formula is C22H19N5O2. The summed E-state index contributed by atoms with van der Waals surface area (Å²) in [5.41, 5.74) is 3.88. The van der Waals surface area contributed by atoms with Gasteiger partial charge in [0.25, 0.3) is 5.56 Å². The number of rotatable bonds is 5. The number of fused-ring (bicyclic) bond motifs is 4. The van der Waals surface area contributed by atoms with Crippen molar-refractivity contribution < 1.29 is 4.79 Å². The van der Waals surface area contributed by atoms with Gasteiger partial charge in [-0.3, -0.25) is 14.2 Å². The van der Waals surface area contributed by atoms with E-state index in [1.807, 2.05) is 48.7 Å². The van der Waals surface area contributed by atoms with Gasteiger partial charge in [-0.15, -0.1) is 0 Å². The van der Waals surface area contributed by atoms with Crippen molar-refractivity contribution >= 4 is 38.7 Å². The summed E-state index contributed by atoms with van der Waals surface area (Å²) in [5.74, 6) is -0.218. The van der Waals surface area contributed by atoms with Crippen LogP contribution in [0.25, 0.3) is 32.8 Å². The van der Waals surface area contributed by atoms with Crippen molar-refractivity contribution in [3.63, 3.8) is 0 Å². The van der Waals surface area contributed by atoms with Gasteiger partial charge >= 0.3 is 0 Å². The van der Waals surface area contributed by atoms with Crippen LogP contribution in [-0.2, 0) is 17.8 Å². The first-order valence-electron chi connectivity index (χ1n) is 9.48. The third-order valence-electron chi connectivity index (χ3n) is 5.18. The molecule has 0 radical (unpaired) electrons. The lowest BCUT2D eigenvalue weighted by molar-refractivity contribution is -0.121. The van der Waals surface area contributed by atoms with Gasteiger partial charge in [0.05, 0.1) is 6.33 Å². The zero-order chi connectivity index (χ0) is 19.8. The molecule has 0 spiro atoms. The van der Waals surface area contributed by atoms with Gasteiger partial charge in [0, 0.05) is 34.5 Å². The number of carbonyl (C=O) groups is 1. The van der Waals surface area contributed by atoms with Crippen LogP contribution in [0.4, 0.5) is 0 Å². The Bertz CT molecular complexity index is 1410. The van der Waals surface area contributed by atoms with Crippen LogP contribution < -0.4 is 10.9 Å². The quantitative estimate of drug-likeness (QED) is 0.434. The Morgan fingerprint density at radius 1 is 1.03 bits per heavy atom. The number of nitrogens with zero attached hydrogens (tertiary/aromatic N) is 2. The van der Waals surface area contributed by atoms with E-state index >= 15 is 0 Å². The summed E-state index contributed by atoms with van der Waals surface area (Å²) < 4.78 is 1.33. The molecule has 5 rings (SSSR count). The molecular weight excluding hydrogens is 366 g/mol. The molecule has 2 aromatic carbocycles. The second kappa shape index (κ2) is 6.94. The van der Waals surface area contributed by atoms with Gasteiger partial charge in [-0.05, 0) is 24.1 Å². The molecule has 0 saturated carbocycles. The van der Waals surface area contributed by atoms with Gasteiger partial charge in [0.15, 0.2) is 0 Å². The zero-order valence-electron chi connectivity index (χ0n) is 15.6. The first-order chi connectivity index (χ1) is 14.2. The van der Waals surface area contributed by atoms with Crippen molar-refractivity contribution in [2.45, 2.75) is 13.0 Å². The summed E-state index contributed by atoms with van der Waals surface area (Å²) in [6.07, 6.45) is 4.11. The molecule has 7 heteroatoms. The first kappa shape index (κ1) is 17.2. The number of nitrogens with one attached hydrogen (secondary N) is 3. The SMILES string of the molecule is O=C(Cn1cnc2c([nH]c3ccccc32)c1=O)NCCc1c[nH]c2ccccc12. The van der Waals surface area contributed by atoms with Crippen molar-refractivity contribution in [1.29, 1.82) is 0 Å². The average molecular weight is 385 g/mol. The van der Waals surface area contributed by atoms with E-state index in [9.17, 15) is 9.59 Å². The summed E-state index contributed by atoms with van der Waals surface area (Å²) in [6, 6.07) is 15.7. The fourth-order valence-electron chi connectivity index (χ4n) is 3.74. The lowest BCUT2D eigenvalue weighted by Gasteiger charge is -2.07. The Balaban J connectivity index is 1.29. The Labute approximate surface area is 165 Å². The fraction of sp³-hybridized carbons (Fsp3) is 0.136. The Morgan fingerprint density at radius 2 is 1.79 bits per heavy atom. The van der Waals surface area contributed by atoms with E-state index in [2.05, 4.69) is 26.3 Å². The van der Waals surface area contributed by atoms with Crippen molar-refractivity contribution in [2.75, 3.05) is 6.54 Å². The Kier molecular flexibility index (Phi) is 4.13. The summed E-state index contributed by atoms with van der Waals surface area (Å²) in [7, 11) is 0. The molecule has 0 unspecified atom stereocenters. The maximum Gasteiger partial charge on any atom is 0.278 e. The van der Waals surface area contributed by atoms with Crippen molar-refractivity contribution in [3.8, 4) is 0 Å². The predicted octanol–water partition coefficient (Wildman–Crippen LogP) is 2.72. The monoisotopic (exact) mass is 385 g/mol. The standard InChI is InChI=1S/C22H19N5O2/c28-19(23-10-9-14-11-24-17-7-3-1-5-15(14)17)12-27-13-25-20-16-6-2-4-8-18(16)26-21(20)22(27)29/h1-8,11,13,24,26H,9-10,12H2,(H,23,28). The molecule has 0 aliphatic carbocycles. The molecule has 3 N–H and O–H groups in total. The maximum absolute atomic E-state index is 12.7. The summed E-state index contributed by atoms with van der Waals surface area (Å²) in [6.45, 7) is 0.433. The lowest BCUT2D eigenvalue weighted by Crippen LogP contribution is -2.33. The molecule has 0 fully saturated rings. The van der Waals surface area contributed by atoms with Crippen LogP contribution in [0.2, 0.25) is 0 Å². The van der Waals surface area contributed by atoms with Crippen LogP contribution in [0.15, 0.2) is 65.8 Å². The molecule has 5 aromatic rings. The molecule has 29 heavy (non-hydrogen) atoms. The minimum absolute atomic E-state index is 0.0645. The second-order valence-corrected chi connectivity index (χ2v) is 7.03. The summed E-state index contributed by atoms with van der Waals surface area (Å²) in [4.78, 5) is 35.8. The van der Waals surface area contributed by atoms with E-state index in [0.717, 1.165) is 27.4 Å². The van der Waals surface area contributed by atoms with Crippen molar-refractivity contribution in [3.05, 3.63) is 77.0 Å². The van der Waals surface area contributed by atoms with Crippen LogP contribution in [0, 0.1) is 0 Å². The molecule has 0 bridgehead atoms. The van der Waals surface area contributed by atoms with E-state index in [1.165, 1.54) is 10.9 Å². The minimum Gasteiger partial charge on any atom is -0.361 e. The number of hydrogen-bond acceptors (Lipinski definition) is 3. The van der Waals surface area contributed by atoms with Crippen LogP contribution in [0.3, 0.4) is 0 Å². The molecule has 0 atom stereocenters. The number of hydrogen-bond donors (Lipinski definition) is 3. The average Bonchev–Trinajstić information content (AvgIpc) is 3.32. The molecule has 0 aliphatic rings. The van der Waals surface area contributed by atoms with Gasteiger partial charge in [0.1, 0.15) is 17.6 Å². The molecule has 0 saturated heterocycles. The number of aromatic amines is 2. The molecule has 3 heterocycles. The smallest absolute Gasteiger partial charge is 0.278 e. The highest BCUT2D eigenvalue weighted by atomic mass is 16.2. The molecule has 0 aliphatic heterocycles. The Morgan fingerprint density at radius 3 is 2.66 bits per heavy atom. The van der Waals surface area contributed by atoms with Crippen LogP contribution >= 0.6 is 0 Å². The first-order valence-corrected chi connectivity index (χ1v) is 9.48. The van der Waals surface area contributed by atoms with Gasteiger partial charge in [0.2, 0.25) is 5.91 Å². The number of para-hydroxylation sites is 2. The molecule has 144 valence electrons. The highest BCUT2D eigenvalue weighted by molar-refractivity contribution is 6.04. The summed E-state index contributed by atoms with van der Waals surface area (Å²) >= 11 is 0. The highest BCUT2D eigenvalue weighted by Gasteiger charge is 2.12. The largest absolute Gasteiger partial charge is 0.361 e. The number of H-pyrrole nitrogens is 2. The van der Waals surface area contributed by atoms with E-state index in [4.69, 9.17) is 0 Å². The predicted molar refractivity (Wildman–Crippen MR) is 113 cm³/mol. The highest BCUT2D eigenvalue weighted by Crippen LogP contribution is 2.20. The fourth-order valence-corrected chi connectivity index (χ4v) is 3.74. The van der Waals surface area contributed by atoms with E-state index in [0.29, 0.717) is 24.0 Å². The lowest BCUT2D eigenvalue weighted by atomic mass is 10.1. The normalized spacial score (nSPS) is 11.4. The number of aromatic nitrogens is 4. The van der Waals surface area contributed by atoms with Crippen molar-refractivity contribution in [2.24, 2.45) is 0 Å². The second-order valence-electron chi connectivity index (χ2n) is 7.03. The van der Waals surface area contributed by atoms with E-state index < -0.39 is 0 Å². The number of carbonyl (C=O) groups excluding carboxylic acids is 1. The zero-order valence-corrected chi connectivity index (χ0v) is 15.6. The van der Waals surface area contributed by atoms with Gasteiger partial charge in [-0.2, -0.15) is 0 Å². The van der Waals surface area contributed by atoms with Crippen LogP contribution in [0.5, 0.6) is 0 Å². The maximum atomic E-state index is 12.7. The number of benzene rings is 2. The van der Waals surface area contributed by atoms with E-state index in [-0.39, 0.29) is 18.0 Å². The molecule has 7 nitrogen and oxygen atoms in total. The Hall–Kier alpha value is -3.87. The summed E-state index contributed by atoms with van der Waals surface area (Å²) in [5, 5.41) is 4.94. The van der Waals surface area contributed by atoms with Crippen LogP contribution in [-0.4, -0.2) is 32.0 Å². The third-order valence-corrected chi connectivity index (χ3v) is 5.18. The minimum atomic E-state index is -0.252. The molecule has 3 aromatic heterocycles. The molecule has 1 amide bonds. The van der Waals surface area contributed by atoms with Crippen LogP contribution in [0.1, 0.15) is 5.56 Å².